The number of esters is 2. The highest BCUT2D eigenvalue weighted by Crippen LogP contribution is 2.06. The van der Waals surface area contributed by atoms with Crippen LogP contribution >= 0.6 is 0 Å². The summed E-state index contributed by atoms with van der Waals surface area (Å²) in [6.45, 7) is 0.116. The van der Waals surface area contributed by atoms with Crippen LogP contribution in [0.4, 0.5) is 0 Å². The number of ether oxygens (including phenoxy) is 4. The number of nitrogens with zero attached hydrogens (tertiary/aromatic N) is 1. The number of amides is 1. The second-order valence-electron chi connectivity index (χ2n) is 3.78. The molecule has 0 aromatic heterocycles. The Morgan fingerprint density at radius 1 is 1.11 bits per heavy atom. The smallest absolute Gasteiger partial charge is 0.325 e. The Hall–Kier alpha value is -1.67. The van der Waals surface area contributed by atoms with Crippen LogP contribution in [0.5, 0.6) is 0 Å². The van der Waals surface area contributed by atoms with Crippen molar-refractivity contribution in [3.05, 3.63) is 0 Å². The molecule has 1 amide bonds. The van der Waals surface area contributed by atoms with Crippen LogP contribution in [-0.4, -0.2) is 76.0 Å². The first-order valence-corrected chi connectivity index (χ1v) is 5.70. The summed E-state index contributed by atoms with van der Waals surface area (Å²) in [5.41, 5.74) is 0. The number of carbonyl (C=O) groups is 3. The first-order valence-electron chi connectivity index (χ1n) is 5.70. The monoisotopic (exact) mass is 275 g/mol. The molecular weight excluding hydrogens is 258 g/mol. The maximum Gasteiger partial charge on any atom is 0.325 e. The van der Waals surface area contributed by atoms with Gasteiger partial charge in [-0.2, -0.15) is 0 Å². The van der Waals surface area contributed by atoms with E-state index in [1.165, 1.54) is 14.2 Å². The van der Waals surface area contributed by atoms with Gasteiger partial charge in [0.2, 0.25) is 0 Å². The zero-order chi connectivity index (χ0) is 14.3. The van der Waals surface area contributed by atoms with Crippen LogP contribution in [0.25, 0.3) is 0 Å². The molecule has 0 bridgehead atoms. The number of carbonyl (C=O) groups excluding carboxylic acids is 3. The Morgan fingerprint density at radius 2 is 1.68 bits per heavy atom. The SMILES string of the molecule is COC(=O)CN(CC(=O)OC)C(=O)C1COCCO1. The standard InChI is InChI=1S/C11H17NO7/c1-16-9(13)5-12(6-10(14)17-2)11(15)8-7-18-3-4-19-8/h8H,3-7H2,1-2H3. The summed E-state index contributed by atoms with van der Waals surface area (Å²) in [4.78, 5) is 35.6. The molecule has 0 aromatic rings. The molecule has 1 heterocycles. The molecule has 0 spiro atoms. The average molecular weight is 275 g/mol. The summed E-state index contributed by atoms with van der Waals surface area (Å²) in [6, 6.07) is 0. The van der Waals surface area contributed by atoms with Crippen molar-refractivity contribution in [3.8, 4) is 0 Å². The van der Waals surface area contributed by atoms with Gasteiger partial charge in [0.15, 0.2) is 6.10 Å². The second-order valence-corrected chi connectivity index (χ2v) is 3.78. The van der Waals surface area contributed by atoms with E-state index in [-0.39, 0.29) is 19.7 Å². The van der Waals surface area contributed by atoms with Gasteiger partial charge in [-0.25, -0.2) is 0 Å². The van der Waals surface area contributed by atoms with E-state index in [1.807, 2.05) is 0 Å². The van der Waals surface area contributed by atoms with Crippen molar-refractivity contribution in [2.75, 3.05) is 47.1 Å². The quantitative estimate of drug-likeness (QED) is 0.568. The maximum absolute atomic E-state index is 12.1. The van der Waals surface area contributed by atoms with Gasteiger partial charge in [-0.05, 0) is 0 Å². The number of methoxy groups -OCH3 is 2. The largest absolute Gasteiger partial charge is 0.468 e. The van der Waals surface area contributed by atoms with Crippen molar-refractivity contribution in [2.24, 2.45) is 0 Å². The Balaban J connectivity index is 2.66. The van der Waals surface area contributed by atoms with Crippen molar-refractivity contribution in [1.82, 2.24) is 4.90 Å². The third kappa shape index (κ3) is 4.84. The zero-order valence-corrected chi connectivity index (χ0v) is 10.9. The molecule has 1 unspecified atom stereocenters. The van der Waals surface area contributed by atoms with Crippen LogP contribution < -0.4 is 0 Å². The fourth-order valence-corrected chi connectivity index (χ4v) is 1.49. The van der Waals surface area contributed by atoms with Gasteiger partial charge in [0, 0.05) is 0 Å². The molecule has 19 heavy (non-hydrogen) atoms. The fourth-order valence-electron chi connectivity index (χ4n) is 1.49. The molecule has 1 aliphatic rings. The Kier molecular flexibility index (Phi) is 6.23. The van der Waals surface area contributed by atoms with Crippen LogP contribution in [0.3, 0.4) is 0 Å². The topological polar surface area (TPSA) is 91.4 Å². The predicted molar refractivity (Wildman–Crippen MR) is 61.2 cm³/mol. The zero-order valence-electron chi connectivity index (χ0n) is 10.9. The number of rotatable bonds is 5. The summed E-state index contributed by atoms with van der Waals surface area (Å²) in [6.07, 6.45) is -0.817. The highest BCUT2D eigenvalue weighted by atomic mass is 16.6. The van der Waals surface area contributed by atoms with Crippen molar-refractivity contribution < 1.29 is 33.3 Å². The molecule has 8 nitrogen and oxygen atoms in total. The van der Waals surface area contributed by atoms with Crippen molar-refractivity contribution in [1.29, 1.82) is 0 Å². The van der Waals surface area contributed by atoms with E-state index < -0.39 is 23.9 Å². The van der Waals surface area contributed by atoms with Crippen LogP contribution in [-0.2, 0) is 33.3 Å². The van der Waals surface area contributed by atoms with Gasteiger partial charge in [-0.15, -0.1) is 0 Å². The molecule has 1 saturated heterocycles. The molecule has 0 aliphatic carbocycles. The highest BCUT2D eigenvalue weighted by molar-refractivity contribution is 5.88. The molecule has 0 aromatic carbocycles. The first kappa shape index (κ1) is 15.4. The lowest BCUT2D eigenvalue weighted by atomic mass is 10.3. The molecule has 0 saturated carbocycles. The van der Waals surface area contributed by atoms with Crippen molar-refractivity contribution >= 4 is 17.8 Å². The van der Waals surface area contributed by atoms with Gasteiger partial charge in [-0.3, -0.25) is 14.4 Å². The van der Waals surface area contributed by atoms with Gasteiger partial charge < -0.3 is 23.8 Å². The van der Waals surface area contributed by atoms with E-state index in [0.29, 0.717) is 13.2 Å². The molecule has 0 radical (unpaired) electrons. The minimum atomic E-state index is -0.817. The predicted octanol–water partition coefficient (Wildman–Crippen LogP) is -1.42. The van der Waals surface area contributed by atoms with Crippen LogP contribution in [0, 0.1) is 0 Å². The lowest BCUT2D eigenvalue weighted by Gasteiger charge is -2.27. The minimum absolute atomic E-state index is 0.0949. The molecular formula is C11H17NO7. The number of hydrogen-bond acceptors (Lipinski definition) is 7. The van der Waals surface area contributed by atoms with E-state index in [0.717, 1.165) is 4.90 Å². The maximum atomic E-state index is 12.1. The summed E-state index contributed by atoms with van der Waals surface area (Å²) in [5.74, 6) is -1.77. The normalized spacial score (nSPS) is 18.5. The van der Waals surface area contributed by atoms with Crippen molar-refractivity contribution in [3.63, 3.8) is 0 Å². The molecule has 8 heteroatoms. The summed E-state index contributed by atoms with van der Waals surface area (Å²) in [7, 11) is 2.40. The van der Waals surface area contributed by atoms with E-state index in [2.05, 4.69) is 9.47 Å². The molecule has 1 aliphatic heterocycles. The van der Waals surface area contributed by atoms with Gasteiger partial charge >= 0.3 is 11.9 Å². The molecule has 108 valence electrons. The van der Waals surface area contributed by atoms with Crippen LogP contribution in [0.2, 0.25) is 0 Å². The van der Waals surface area contributed by atoms with E-state index >= 15 is 0 Å². The molecule has 1 atom stereocenters. The molecule has 1 fully saturated rings. The first-order chi connectivity index (χ1) is 9.08. The fraction of sp³-hybridized carbons (Fsp3) is 0.727. The van der Waals surface area contributed by atoms with Gasteiger partial charge in [-0.1, -0.05) is 0 Å². The Bertz CT molecular complexity index is 320. The van der Waals surface area contributed by atoms with E-state index in [9.17, 15) is 14.4 Å². The third-order valence-corrected chi connectivity index (χ3v) is 2.50. The molecule has 1 rings (SSSR count). The Morgan fingerprint density at radius 3 is 2.11 bits per heavy atom. The summed E-state index contributed by atoms with van der Waals surface area (Å²) in [5, 5.41) is 0. The number of hydrogen-bond donors (Lipinski definition) is 0. The van der Waals surface area contributed by atoms with E-state index in [4.69, 9.17) is 9.47 Å². The lowest BCUT2D eigenvalue weighted by molar-refractivity contribution is -0.165. The summed E-state index contributed by atoms with van der Waals surface area (Å²) >= 11 is 0. The van der Waals surface area contributed by atoms with Gasteiger partial charge in [0.05, 0.1) is 34.0 Å². The van der Waals surface area contributed by atoms with Gasteiger partial charge in [0.1, 0.15) is 13.1 Å². The summed E-state index contributed by atoms with van der Waals surface area (Å²) < 4.78 is 19.3. The van der Waals surface area contributed by atoms with E-state index in [1.54, 1.807) is 0 Å². The average Bonchev–Trinajstić information content (AvgIpc) is 2.46. The van der Waals surface area contributed by atoms with Crippen molar-refractivity contribution in [2.45, 2.75) is 6.10 Å². The highest BCUT2D eigenvalue weighted by Gasteiger charge is 2.30. The third-order valence-electron chi connectivity index (χ3n) is 2.50. The minimum Gasteiger partial charge on any atom is -0.468 e. The molecule has 0 N–H and O–H groups in total. The van der Waals surface area contributed by atoms with Crippen LogP contribution in [0.15, 0.2) is 0 Å². The Labute approximate surface area is 110 Å². The second kappa shape index (κ2) is 7.70. The van der Waals surface area contributed by atoms with Crippen LogP contribution in [0.1, 0.15) is 0 Å². The lowest BCUT2D eigenvalue weighted by Crippen LogP contribution is -2.49. The van der Waals surface area contributed by atoms with Gasteiger partial charge in [0.25, 0.3) is 5.91 Å².